The number of nitrogens with zero attached hydrogens (tertiary/aromatic N) is 3. The van der Waals surface area contributed by atoms with Crippen molar-refractivity contribution >= 4 is 5.82 Å². The summed E-state index contributed by atoms with van der Waals surface area (Å²) in [7, 11) is 0. The average molecular weight is 283 g/mol. The van der Waals surface area contributed by atoms with Crippen molar-refractivity contribution in [3.8, 4) is 0 Å². The molecule has 21 heavy (non-hydrogen) atoms. The number of morpholine rings is 1. The third-order valence-electron chi connectivity index (χ3n) is 3.85. The predicted molar refractivity (Wildman–Crippen MR) is 83.4 cm³/mol. The Bertz CT molecular complexity index is 532. The van der Waals surface area contributed by atoms with E-state index in [9.17, 15) is 0 Å². The molecular weight excluding hydrogens is 262 g/mol. The van der Waals surface area contributed by atoms with E-state index in [2.05, 4.69) is 45.2 Å². The highest BCUT2D eigenvalue weighted by Gasteiger charge is 2.21. The highest BCUT2D eigenvalue weighted by Crippen LogP contribution is 2.17. The lowest BCUT2D eigenvalue weighted by Crippen LogP contribution is -2.43. The topological polar surface area (TPSA) is 38.2 Å². The Morgan fingerprint density at radius 2 is 2.10 bits per heavy atom. The number of hydrogen-bond acceptors (Lipinski definition) is 4. The van der Waals surface area contributed by atoms with E-state index in [-0.39, 0.29) is 0 Å². The first-order chi connectivity index (χ1) is 10.4. The molecule has 110 valence electrons. The minimum atomic E-state index is 0.296. The summed E-state index contributed by atoms with van der Waals surface area (Å²) in [5.41, 5.74) is 1.40. The van der Waals surface area contributed by atoms with Crippen LogP contribution in [0.1, 0.15) is 18.4 Å². The zero-order valence-electron chi connectivity index (χ0n) is 12.2. The fourth-order valence-corrected chi connectivity index (χ4v) is 2.74. The Hall–Kier alpha value is -1.94. The second-order valence-corrected chi connectivity index (χ2v) is 5.38. The van der Waals surface area contributed by atoms with Crippen LogP contribution in [-0.2, 0) is 11.2 Å². The quantitative estimate of drug-likeness (QED) is 0.845. The molecule has 4 nitrogen and oxygen atoms in total. The largest absolute Gasteiger partial charge is 0.375 e. The second-order valence-electron chi connectivity index (χ2n) is 5.38. The van der Waals surface area contributed by atoms with E-state index in [1.165, 1.54) is 5.56 Å². The zero-order chi connectivity index (χ0) is 14.3. The zero-order valence-corrected chi connectivity index (χ0v) is 12.2. The second kappa shape index (κ2) is 7.18. The van der Waals surface area contributed by atoms with Gasteiger partial charge in [0, 0.05) is 25.5 Å². The van der Waals surface area contributed by atoms with Crippen LogP contribution in [0.3, 0.4) is 0 Å². The van der Waals surface area contributed by atoms with Crippen LogP contribution in [-0.4, -0.2) is 35.8 Å². The maximum Gasteiger partial charge on any atom is 0.147 e. The molecular formula is C17H21N3O. The van der Waals surface area contributed by atoms with Gasteiger partial charge in [-0.2, -0.15) is 0 Å². The molecule has 1 fully saturated rings. The lowest BCUT2D eigenvalue weighted by atomic mass is 10.1. The van der Waals surface area contributed by atoms with Crippen LogP contribution in [0.2, 0.25) is 0 Å². The van der Waals surface area contributed by atoms with Crippen LogP contribution in [0.25, 0.3) is 0 Å². The molecule has 0 bridgehead atoms. The van der Waals surface area contributed by atoms with Crippen LogP contribution < -0.4 is 4.90 Å². The van der Waals surface area contributed by atoms with E-state index in [1.807, 2.05) is 6.20 Å². The molecule has 0 saturated carbocycles. The van der Waals surface area contributed by atoms with Crippen molar-refractivity contribution in [2.24, 2.45) is 0 Å². The van der Waals surface area contributed by atoms with E-state index < -0.39 is 0 Å². The van der Waals surface area contributed by atoms with Gasteiger partial charge in [-0.25, -0.2) is 4.98 Å². The van der Waals surface area contributed by atoms with Gasteiger partial charge in [0.15, 0.2) is 0 Å². The van der Waals surface area contributed by atoms with Crippen molar-refractivity contribution in [3.05, 3.63) is 54.5 Å². The molecule has 2 heterocycles. The van der Waals surface area contributed by atoms with Crippen molar-refractivity contribution in [2.45, 2.75) is 25.4 Å². The van der Waals surface area contributed by atoms with Gasteiger partial charge in [0.1, 0.15) is 5.82 Å². The van der Waals surface area contributed by atoms with Crippen molar-refractivity contribution in [1.29, 1.82) is 0 Å². The lowest BCUT2D eigenvalue weighted by molar-refractivity contribution is 0.0338. The molecule has 1 saturated heterocycles. The minimum Gasteiger partial charge on any atom is -0.375 e. The molecule has 1 aliphatic rings. The third-order valence-corrected chi connectivity index (χ3v) is 3.85. The molecule has 0 radical (unpaired) electrons. The molecule has 1 aromatic carbocycles. The summed E-state index contributed by atoms with van der Waals surface area (Å²) in [6, 6.07) is 10.6. The number of ether oxygens (including phenoxy) is 1. The minimum absolute atomic E-state index is 0.296. The number of rotatable bonds is 5. The molecule has 1 atom stereocenters. The predicted octanol–water partition coefficient (Wildman–Crippen LogP) is 2.70. The van der Waals surface area contributed by atoms with E-state index in [1.54, 1.807) is 12.4 Å². The molecule has 0 spiro atoms. The monoisotopic (exact) mass is 283 g/mol. The van der Waals surface area contributed by atoms with Crippen LogP contribution in [0.4, 0.5) is 5.82 Å². The summed E-state index contributed by atoms with van der Waals surface area (Å²) in [4.78, 5) is 10.8. The Morgan fingerprint density at radius 1 is 1.19 bits per heavy atom. The molecule has 0 N–H and O–H groups in total. The van der Waals surface area contributed by atoms with Gasteiger partial charge in [0.25, 0.3) is 0 Å². The van der Waals surface area contributed by atoms with E-state index in [0.717, 1.165) is 44.8 Å². The van der Waals surface area contributed by atoms with Crippen molar-refractivity contribution in [1.82, 2.24) is 9.97 Å². The summed E-state index contributed by atoms with van der Waals surface area (Å²) in [6.45, 7) is 2.58. The van der Waals surface area contributed by atoms with E-state index in [4.69, 9.17) is 4.74 Å². The molecule has 3 rings (SSSR count). The maximum absolute atomic E-state index is 5.88. The van der Waals surface area contributed by atoms with Crippen LogP contribution in [0.15, 0.2) is 48.9 Å². The normalized spacial score (nSPS) is 18.7. The number of anilines is 1. The van der Waals surface area contributed by atoms with E-state index in [0.29, 0.717) is 6.10 Å². The standard InChI is InChI=1S/C17H21N3O/c1-2-5-15(6-3-1)7-4-8-16-14-20(11-12-21-16)17-13-18-9-10-19-17/h1-3,5-6,9-10,13,16H,4,7-8,11-12,14H2/t16-/m0/s1. The van der Waals surface area contributed by atoms with Gasteiger partial charge in [0.05, 0.1) is 18.9 Å². The SMILES string of the molecule is c1ccc(CCC[C@H]2CN(c3cnccn3)CCO2)cc1. The number of aryl methyl sites for hydroxylation is 1. The lowest BCUT2D eigenvalue weighted by Gasteiger charge is -2.33. The Kier molecular flexibility index (Phi) is 4.79. The van der Waals surface area contributed by atoms with Crippen LogP contribution >= 0.6 is 0 Å². The molecule has 1 aromatic heterocycles. The van der Waals surface area contributed by atoms with Crippen LogP contribution in [0, 0.1) is 0 Å². The molecule has 1 aliphatic heterocycles. The maximum atomic E-state index is 5.88. The third kappa shape index (κ3) is 4.02. The molecule has 4 heteroatoms. The summed E-state index contributed by atoms with van der Waals surface area (Å²) >= 11 is 0. The summed E-state index contributed by atoms with van der Waals surface area (Å²) in [5, 5.41) is 0. The first kappa shape index (κ1) is 14.0. The fraction of sp³-hybridized carbons (Fsp3) is 0.412. The average Bonchev–Trinajstić information content (AvgIpc) is 2.57. The van der Waals surface area contributed by atoms with Gasteiger partial charge in [0.2, 0.25) is 0 Å². The highest BCUT2D eigenvalue weighted by atomic mass is 16.5. The van der Waals surface area contributed by atoms with Gasteiger partial charge < -0.3 is 9.64 Å². The Morgan fingerprint density at radius 3 is 2.90 bits per heavy atom. The van der Waals surface area contributed by atoms with Crippen LogP contribution in [0.5, 0.6) is 0 Å². The summed E-state index contributed by atoms with van der Waals surface area (Å²) < 4.78 is 5.88. The summed E-state index contributed by atoms with van der Waals surface area (Å²) in [6.07, 6.45) is 8.94. The number of hydrogen-bond donors (Lipinski definition) is 0. The molecule has 0 aliphatic carbocycles. The molecule has 0 amide bonds. The van der Waals surface area contributed by atoms with Crippen molar-refractivity contribution < 1.29 is 4.74 Å². The van der Waals surface area contributed by atoms with E-state index >= 15 is 0 Å². The van der Waals surface area contributed by atoms with Crippen molar-refractivity contribution in [2.75, 3.05) is 24.6 Å². The van der Waals surface area contributed by atoms with Crippen molar-refractivity contribution in [3.63, 3.8) is 0 Å². The van der Waals surface area contributed by atoms with Gasteiger partial charge in [-0.15, -0.1) is 0 Å². The number of aromatic nitrogens is 2. The van der Waals surface area contributed by atoms with Gasteiger partial charge in [-0.3, -0.25) is 4.98 Å². The molecule has 0 unspecified atom stereocenters. The Labute approximate surface area is 125 Å². The first-order valence-corrected chi connectivity index (χ1v) is 7.58. The fourth-order valence-electron chi connectivity index (χ4n) is 2.74. The smallest absolute Gasteiger partial charge is 0.147 e. The van der Waals surface area contributed by atoms with Gasteiger partial charge >= 0.3 is 0 Å². The Balaban J connectivity index is 1.48. The summed E-state index contributed by atoms with van der Waals surface area (Å²) in [5.74, 6) is 0.953. The number of benzene rings is 1. The van der Waals surface area contributed by atoms with Gasteiger partial charge in [-0.1, -0.05) is 30.3 Å². The van der Waals surface area contributed by atoms with Gasteiger partial charge in [-0.05, 0) is 24.8 Å². The first-order valence-electron chi connectivity index (χ1n) is 7.58. The highest BCUT2D eigenvalue weighted by molar-refractivity contribution is 5.35. The molecule has 2 aromatic rings.